The molecule has 0 saturated heterocycles. The Morgan fingerprint density at radius 2 is 1.33 bits per heavy atom. The third-order valence-corrected chi connectivity index (χ3v) is 0.683. The van der Waals surface area contributed by atoms with E-state index in [1.807, 2.05) is 0 Å². The predicted molar refractivity (Wildman–Crippen MR) is 56.1 cm³/mol. The summed E-state index contributed by atoms with van der Waals surface area (Å²) in [4.78, 5) is 23.0. The molecule has 1 N–H and O–H groups in total. The molecule has 0 rings (SSSR count). The first-order chi connectivity index (χ1) is 6.48. The van der Waals surface area contributed by atoms with Crippen molar-refractivity contribution in [2.75, 3.05) is 0 Å². The summed E-state index contributed by atoms with van der Waals surface area (Å²) in [5.74, 6) is -0.426. The summed E-state index contributed by atoms with van der Waals surface area (Å²) in [6.45, 7) is 12.0. The fourth-order valence-corrected chi connectivity index (χ4v) is 0.184. The van der Waals surface area contributed by atoms with Crippen molar-refractivity contribution in [2.24, 2.45) is 0 Å². The van der Waals surface area contributed by atoms with Gasteiger partial charge >= 0.3 is 5.97 Å². The lowest BCUT2D eigenvalue weighted by atomic mass is 10.2. The van der Waals surface area contributed by atoms with Crippen molar-refractivity contribution in [3.63, 3.8) is 0 Å². The van der Waals surface area contributed by atoms with Crippen LogP contribution in [0.1, 0.15) is 48.5 Å². The number of carbonyl (C=O) groups is 1. The Balaban J connectivity index is 0. The second-order valence-corrected chi connectivity index (χ2v) is 4.97. The lowest BCUT2D eigenvalue weighted by Crippen LogP contribution is -2.20. The molecule has 0 aliphatic heterocycles. The van der Waals surface area contributed by atoms with Crippen LogP contribution < -0.4 is 0 Å². The SMILES string of the molecule is CC(=O)OOC(C)(C)C.CC(C)(C)OO. The molecule has 5 heteroatoms. The lowest BCUT2D eigenvalue weighted by molar-refractivity contribution is -0.318. The van der Waals surface area contributed by atoms with Gasteiger partial charge in [0.25, 0.3) is 0 Å². The van der Waals surface area contributed by atoms with Gasteiger partial charge in [-0.05, 0) is 41.5 Å². The highest BCUT2D eigenvalue weighted by Crippen LogP contribution is 2.06. The van der Waals surface area contributed by atoms with Crippen LogP contribution in [-0.4, -0.2) is 22.4 Å². The monoisotopic (exact) mass is 222 g/mol. The second-order valence-electron chi connectivity index (χ2n) is 4.97. The molecule has 0 radical (unpaired) electrons. The lowest BCUT2D eigenvalue weighted by Gasteiger charge is -2.15. The summed E-state index contributed by atoms with van der Waals surface area (Å²) in [7, 11) is 0. The number of hydrogen-bond donors (Lipinski definition) is 1. The molecule has 0 fully saturated rings. The average molecular weight is 222 g/mol. The van der Waals surface area contributed by atoms with Crippen molar-refractivity contribution in [1.29, 1.82) is 0 Å². The molecular formula is C10H22O5. The van der Waals surface area contributed by atoms with Crippen molar-refractivity contribution in [3.8, 4) is 0 Å². The zero-order valence-electron chi connectivity index (χ0n) is 10.6. The topological polar surface area (TPSA) is 65.0 Å². The Hall–Kier alpha value is -0.650. The zero-order chi connectivity index (χ0) is 12.7. The first kappa shape index (κ1) is 16.8. The van der Waals surface area contributed by atoms with Gasteiger partial charge in [0.15, 0.2) is 0 Å². The normalized spacial score (nSPS) is 11.5. The Kier molecular flexibility index (Phi) is 7.56. The van der Waals surface area contributed by atoms with E-state index in [0.29, 0.717) is 0 Å². The summed E-state index contributed by atoms with van der Waals surface area (Å²) >= 11 is 0. The van der Waals surface area contributed by atoms with Crippen LogP contribution in [0.5, 0.6) is 0 Å². The highest BCUT2D eigenvalue weighted by Gasteiger charge is 2.12. The molecule has 0 aromatic rings. The van der Waals surface area contributed by atoms with Crippen LogP contribution in [0.4, 0.5) is 0 Å². The first-order valence-corrected chi connectivity index (χ1v) is 4.67. The fourth-order valence-electron chi connectivity index (χ4n) is 0.184. The smallest absolute Gasteiger partial charge is 0.298 e. The molecule has 0 aliphatic carbocycles. The molecule has 0 amide bonds. The number of rotatable bonds is 1. The van der Waals surface area contributed by atoms with E-state index in [1.54, 1.807) is 41.5 Å². The summed E-state index contributed by atoms with van der Waals surface area (Å²) in [6.07, 6.45) is 0. The molecule has 0 unspecified atom stereocenters. The maximum Gasteiger partial charge on any atom is 0.339 e. The molecule has 0 aromatic heterocycles. The van der Waals surface area contributed by atoms with Crippen molar-refractivity contribution < 1.29 is 24.7 Å². The van der Waals surface area contributed by atoms with Gasteiger partial charge in [-0.15, -0.1) is 0 Å². The fraction of sp³-hybridized carbons (Fsp3) is 0.900. The third kappa shape index (κ3) is 24.7. The van der Waals surface area contributed by atoms with E-state index in [2.05, 4.69) is 14.7 Å². The largest absolute Gasteiger partial charge is 0.339 e. The average Bonchev–Trinajstić information content (AvgIpc) is 2.00. The minimum atomic E-state index is -0.426. The summed E-state index contributed by atoms with van der Waals surface area (Å²) in [5, 5.41) is 7.90. The Morgan fingerprint density at radius 1 is 1.00 bits per heavy atom. The van der Waals surface area contributed by atoms with Gasteiger partial charge in [-0.1, -0.05) is 0 Å². The molecule has 0 aliphatic rings. The second kappa shape index (κ2) is 6.76. The van der Waals surface area contributed by atoms with Crippen LogP contribution in [0.25, 0.3) is 0 Å². The Morgan fingerprint density at radius 3 is 1.40 bits per heavy atom. The highest BCUT2D eigenvalue weighted by molar-refractivity contribution is 5.65. The zero-order valence-corrected chi connectivity index (χ0v) is 10.6. The van der Waals surface area contributed by atoms with Crippen molar-refractivity contribution in [1.82, 2.24) is 0 Å². The highest BCUT2D eigenvalue weighted by atomic mass is 17.2. The van der Waals surface area contributed by atoms with Crippen molar-refractivity contribution in [2.45, 2.75) is 59.7 Å². The summed E-state index contributed by atoms with van der Waals surface area (Å²) in [6, 6.07) is 0. The molecule has 0 spiro atoms. The van der Waals surface area contributed by atoms with Gasteiger partial charge in [0.1, 0.15) is 5.60 Å². The summed E-state index contributed by atoms with van der Waals surface area (Å²) < 4.78 is 0. The minimum absolute atomic E-state index is 0.403. The molecule has 0 aromatic carbocycles. The van der Waals surface area contributed by atoms with Crippen LogP contribution in [-0.2, 0) is 19.5 Å². The van der Waals surface area contributed by atoms with Crippen LogP contribution in [0.2, 0.25) is 0 Å². The van der Waals surface area contributed by atoms with Gasteiger partial charge in [0.2, 0.25) is 0 Å². The van der Waals surface area contributed by atoms with Gasteiger partial charge in [-0.3, -0.25) is 10.1 Å². The van der Waals surface area contributed by atoms with E-state index < -0.39 is 17.2 Å². The molecule has 92 valence electrons. The molecule has 0 bridgehead atoms. The van der Waals surface area contributed by atoms with E-state index in [0.717, 1.165) is 0 Å². The van der Waals surface area contributed by atoms with E-state index in [-0.39, 0.29) is 0 Å². The van der Waals surface area contributed by atoms with E-state index >= 15 is 0 Å². The van der Waals surface area contributed by atoms with Gasteiger partial charge in [-0.2, -0.15) is 4.89 Å². The molecule has 5 nitrogen and oxygen atoms in total. The predicted octanol–water partition coefficient (Wildman–Crippen LogP) is 2.55. The molecule has 15 heavy (non-hydrogen) atoms. The summed E-state index contributed by atoms with van der Waals surface area (Å²) in [5.41, 5.74) is -0.814. The van der Waals surface area contributed by atoms with Gasteiger partial charge in [0.05, 0.1) is 5.60 Å². The van der Waals surface area contributed by atoms with E-state index in [1.165, 1.54) is 6.92 Å². The quantitative estimate of drug-likeness (QED) is 0.545. The van der Waals surface area contributed by atoms with E-state index in [4.69, 9.17) is 5.26 Å². The minimum Gasteiger partial charge on any atom is -0.298 e. The number of hydrogen-bond acceptors (Lipinski definition) is 5. The van der Waals surface area contributed by atoms with E-state index in [9.17, 15) is 4.79 Å². The third-order valence-electron chi connectivity index (χ3n) is 0.683. The van der Waals surface area contributed by atoms with Crippen LogP contribution in [0.15, 0.2) is 0 Å². The maximum atomic E-state index is 10.1. The van der Waals surface area contributed by atoms with Gasteiger partial charge in [-0.25, -0.2) is 9.68 Å². The van der Waals surface area contributed by atoms with Crippen LogP contribution >= 0.6 is 0 Å². The molecule has 0 heterocycles. The first-order valence-electron chi connectivity index (χ1n) is 4.67. The molecular weight excluding hydrogens is 200 g/mol. The van der Waals surface area contributed by atoms with Gasteiger partial charge in [0, 0.05) is 6.92 Å². The van der Waals surface area contributed by atoms with Gasteiger partial charge < -0.3 is 0 Å². The number of carbonyl (C=O) groups excluding carboxylic acids is 1. The Labute approximate surface area is 91.2 Å². The van der Waals surface area contributed by atoms with Crippen LogP contribution in [0.3, 0.4) is 0 Å². The Bertz CT molecular complexity index is 175. The standard InChI is InChI=1S/C6H12O3.C4H10O2/c1-5(7)8-9-6(2,3)4;1-4(2,3)6-5/h1-4H3;5H,1-3H3. The van der Waals surface area contributed by atoms with Crippen LogP contribution in [0, 0.1) is 0 Å². The van der Waals surface area contributed by atoms with Crippen molar-refractivity contribution in [3.05, 3.63) is 0 Å². The molecule has 0 atom stereocenters. The molecule has 0 saturated carbocycles. The van der Waals surface area contributed by atoms with Crippen molar-refractivity contribution >= 4 is 5.97 Å². The maximum absolute atomic E-state index is 10.1.